The molecule has 0 saturated carbocycles. The first kappa shape index (κ1) is 20.5. The van der Waals surface area contributed by atoms with E-state index in [-0.39, 0.29) is 11.9 Å². The van der Waals surface area contributed by atoms with E-state index in [0.29, 0.717) is 17.4 Å². The highest BCUT2D eigenvalue weighted by Crippen LogP contribution is 2.27. The predicted octanol–water partition coefficient (Wildman–Crippen LogP) is 3.05. The smallest absolute Gasteiger partial charge is 0.261 e. The molecular formula is C22H25N5O2S. The van der Waals surface area contributed by atoms with Crippen LogP contribution in [0.25, 0.3) is 10.6 Å². The van der Waals surface area contributed by atoms with Crippen molar-refractivity contribution in [3.05, 3.63) is 65.2 Å². The summed E-state index contributed by atoms with van der Waals surface area (Å²) in [6.45, 7) is 3.71. The van der Waals surface area contributed by atoms with Crippen molar-refractivity contribution in [1.82, 2.24) is 20.2 Å². The number of morpholine rings is 1. The van der Waals surface area contributed by atoms with Crippen LogP contribution in [0.2, 0.25) is 0 Å². The fourth-order valence-electron chi connectivity index (χ4n) is 3.51. The number of carbonyl (C=O) groups is 1. The van der Waals surface area contributed by atoms with Crippen LogP contribution in [0.1, 0.15) is 21.3 Å². The first-order valence-corrected chi connectivity index (χ1v) is 10.8. The zero-order valence-corrected chi connectivity index (χ0v) is 17.7. The van der Waals surface area contributed by atoms with Gasteiger partial charge in [0, 0.05) is 32.9 Å². The molecule has 1 saturated heterocycles. The lowest BCUT2D eigenvalue weighted by molar-refractivity contribution is 0.0162. The average molecular weight is 424 g/mol. The number of carbonyl (C=O) groups excluding carboxylic acids is 1. The first-order valence-electron chi connectivity index (χ1n) is 10.0. The van der Waals surface area contributed by atoms with Gasteiger partial charge < -0.3 is 15.4 Å². The van der Waals surface area contributed by atoms with Crippen molar-refractivity contribution in [2.45, 2.75) is 6.04 Å². The predicted molar refractivity (Wildman–Crippen MR) is 119 cm³/mol. The lowest BCUT2D eigenvalue weighted by atomic mass is 10.0. The quantitative estimate of drug-likeness (QED) is 0.608. The molecule has 1 aliphatic rings. The van der Waals surface area contributed by atoms with Gasteiger partial charge in [-0.1, -0.05) is 30.3 Å². The minimum atomic E-state index is -0.0664. The number of hydrogen-bond donors (Lipinski definition) is 2. The zero-order chi connectivity index (χ0) is 20.8. The molecule has 1 aliphatic heterocycles. The van der Waals surface area contributed by atoms with Crippen molar-refractivity contribution < 1.29 is 9.53 Å². The maximum absolute atomic E-state index is 12.8. The van der Waals surface area contributed by atoms with E-state index in [2.05, 4.69) is 37.6 Å². The molecule has 3 aromatic rings. The second-order valence-electron chi connectivity index (χ2n) is 6.96. The van der Waals surface area contributed by atoms with Crippen molar-refractivity contribution in [3.8, 4) is 10.6 Å². The van der Waals surface area contributed by atoms with Gasteiger partial charge in [0.1, 0.15) is 0 Å². The van der Waals surface area contributed by atoms with Crippen LogP contribution in [0.15, 0.2) is 54.7 Å². The van der Waals surface area contributed by atoms with Crippen molar-refractivity contribution >= 4 is 23.2 Å². The molecule has 156 valence electrons. The van der Waals surface area contributed by atoms with E-state index in [0.717, 1.165) is 36.9 Å². The lowest BCUT2D eigenvalue weighted by Gasteiger charge is -2.34. The van der Waals surface area contributed by atoms with Crippen LogP contribution in [-0.2, 0) is 4.74 Å². The summed E-state index contributed by atoms with van der Waals surface area (Å²) in [6.07, 6.45) is 1.71. The van der Waals surface area contributed by atoms with Crippen LogP contribution in [-0.4, -0.2) is 60.7 Å². The Balaban J connectivity index is 1.45. The molecule has 8 heteroatoms. The summed E-state index contributed by atoms with van der Waals surface area (Å²) >= 11 is 1.43. The van der Waals surface area contributed by atoms with Crippen LogP contribution in [0.3, 0.4) is 0 Å². The fourth-order valence-corrected chi connectivity index (χ4v) is 4.40. The van der Waals surface area contributed by atoms with Gasteiger partial charge in [-0.05, 0) is 23.8 Å². The Morgan fingerprint density at radius 1 is 1.17 bits per heavy atom. The molecule has 0 spiro atoms. The summed E-state index contributed by atoms with van der Waals surface area (Å²) in [4.78, 5) is 25.4. The Hall–Kier alpha value is -2.81. The minimum absolute atomic E-state index is 0.0664. The van der Waals surface area contributed by atoms with E-state index in [1.807, 2.05) is 36.4 Å². The van der Waals surface area contributed by atoms with E-state index in [1.54, 1.807) is 13.2 Å². The highest BCUT2D eigenvalue weighted by atomic mass is 32.1. The molecule has 2 N–H and O–H groups in total. The van der Waals surface area contributed by atoms with Crippen molar-refractivity contribution in [2.24, 2.45) is 0 Å². The number of ether oxygens (including phenoxy) is 1. The van der Waals surface area contributed by atoms with Gasteiger partial charge in [0.05, 0.1) is 34.7 Å². The Morgan fingerprint density at radius 3 is 2.73 bits per heavy atom. The summed E-state index contributed by atoms with van der Waals surface area (Å²) in [5, 5.41) is 6.06. The Morgan fingerprint density at radius 2 is 1.97 bits per heavy atom. The molecule has 1 aromatic carbocycles. The van der Waals surface area contributed by atoms with Gasteiger partial charge in [0.15, 0.2) is 0 Å². The van der Waals surface area contributed by atoms with E-state index in [4.69, 9.17) is 4.74 Å². The Bertz CT molecular complexity index is 972. The number of rotatable bonds is 7. The topological polar surface area (TPSA) is 79.4 Å². The molecule has 1 unspecified atom stereocenters. The van der Waals surface area contributed by atoms with Gasteiger partial charge in [0.25, 0.3) is 5.91 Å². The van der Waals surface area contributed by atoms with Crippen LogP contribution in [0.5, 0.6) is 0 Å². The van der Waals surface area contributed by atoms with Gasteiger partial charge in [-0.3, -0.25) is 9.69 Å². The number of benzene rings is 1. The van der Waals surface area contributed by atoms with Gasteiger partial charge in [-0.25, -0.2) is 9.97 Å². The molecular weight excluding hydrogens is 398 g/mol. The van der Waals surface area contributed by atoms with Crippen molar-refractivity contribution in [1.29, 1.82) is 0 Å². The Labute approximate surface area is 180 Å². The molecule has 4 rings (SSSR count). The van der Waals surface area contributed by atoms with Gasteiger partial charge >= 0.3 is 0 Å². The zero-order valence-electron chi connectivity index (χ0n) is 16.9. The summed E-state index contributed by atoms with van der Waals surface area (Å²) in [6, 6.07) is 16.1. The number of hydrogen-bond acceptors (Lipinski definition) is 7. The number of aromatic nitrogens is 2. The molecule has 0 aliphatic carbocycles. The SMILES string of the molecule is CNc1nccc(-c2ccc(C(=O)NCC(c3ccccc3)N3CCOCC3)s2)n1. The number of amides is 1. The Kier molecular flexibility index (Phi) is 6.68. The number of anilines is 1. The van der Waals surface area contributed by atoms with Crippen LogP contribution in [0.4, 0.5) is 5.95 Å². The summed E-state index contributed by atoms with van der Waals surface area (Å²) in [7, 11) is 1.78. The van der Waals surface area contributed by atoms with Gasteiger partial charge in [-0.15, -0.1) is 11.3 Å². The largest absolute Gasteiger partial charge is 0.379 e. The number of thiophene rings is 1. The second-order valence-corrected chi connectivity index (χ2v) is 8.05. The summed E-state index contributed by atoms with van der Waals surface area (Å²) in [5.74, 6) is 0.492. The van der Waals surface area contributed by atoms with Crippen LogP contribution in [0, 0.1) is 0 Å². The maximum atomic E-state index is 12.8. The minimum Gasteiger partial charge on any atom is -0.379 e. The van der Waals surface area contributed by atoms with Gasteiger partial charge in [-0.2, -0.15) is 0 Å². The van der Waals surface area contributed by atoms with Crippen molar-refractivity contribution in [3.63, 3.8) is 0 Å². The summed E-state index contributed by atoms with van der Waals surface area (Å²) < 4.78 is 5.50. The molecule has 0 bridgehead atoms. The van der Waals surface area contributed by atoms with Gasteiger partial charge in [0.2, 0.25) is 5.95 Å². The first-order chi connectivity index (χ1) is 14.7. The number of nitrogens with zero attached hydrogens (tertiary/aromatic N) is 3. The molecule has 7 nitrogen and oxygen atoms in total. The molecule has 1 fully saturated rings. The maximum Gasteiger partial charge on any atom is 0.261 e. The van der Waals surface area contributed by atoms with Crippen LogP contribution >= 0.6 is 11.3 Å². The van der Waals surface area contributed by atoms with E-state index < -0.39 is 0 Å². The van der Waals surface area contributed by atoms with Crippen molar-refractivity contribution in [2.75, 3.05) is 45.2 Å². The standard InChI is InChI=1S/C22H25N5O2S/c1-23-22-24-10-9-17(26-22)19-7-8-20(30-19)21(28)25-15-18(16-5-3-2-4-6-16)27-11-13-29-14-12-27/h2-10,18H,11-15H2,1H3,(H,25,28)(H,23,24,26). The number of nitrogens with one attached hydrogen (secondary N) is 2. The van der Waals surface area contributed by atoms with E-state index >= 15 is 0 Å². The second kappa shape index (κ2) is 9.80. The lowest BCUT2D eigenvalue weighted by Crippen LogP contribution is -2.43. The fraction of sp³-hybridized carbons (Fsp3) is 0.318. The molecule has 3 heterocycles. The third kappa shape index (κ3) is 4.84. The monoisotopic (exact) mass is 423 g/mol. The molecule has 2 aromatic heterocycles. The van der Waals surface area contributed by atoms with E-state index in [1.165, 1.54) is 16.9 Å². The highest BCUT2D eigenvalue weighted by Gasteiger charge is 2.23. The molecule has 30 heavy (non-hydrogen) atoms. The molecule has 0 radical (unpaired) electrons. The normalized spacial score (nSPS) is 15.5. The third-order valence-electron chi connectivity index (χ3n) is 5.09. The van der Waals surface area contributed by atoms with Crippen LogP contribution < -0.4 is 10.6 Å². The third-order valence-corrected chi connectivity index (χ3v) is 6.19. The average Bonchev–Trinajstić information content (AvgIpc) is 3.31. The molecule has 1 atom stereocenters. The van der Waals surface area contributed by atoms with E-state index in [9.17, 15) is 4.79 Å². The molecule has 1 amide bonds. The summed E-state index contributed by atoms with van der Waals surface area (Å²) in [5.41, 5.74) is 2.00. The highest BCUT2D eigenvalue weighted by molar-refractivity contribution is 7.17.